The van der Waals surface area contributed by atoms with Crippen molar-refractivity contribution in [2.45, 2.75) is 12.8 Å². The molecule has 0 saturated carbocycles. The lowest BCUT2D eigenvalue weighted by atomic mass is 10.1. The Balaban J connectivity index is 1.93. The van der Waals surface area contributed by atoms with E-state index in [1.165, 1.54) is 0 Å². The van der Waals surface area contributed by atoms with E-state index in [0.717, 1.165) is 5.56 Å². The Bertz CT molecular complexity index is 596. The Morgan fingerprint density at radius 2 is 1.85 bits per heavy atom. The number of methoxy groups -OCH3 is 1. The van der Waals surface area contributed by atoms with Crippen LogP contribution in [0.4, 0.5) is 0 Å². The second-order valence-electron chi connectivity index (χ2n) is 4.25. The fraction of sp³-hybridized carbons (Fsp3) is 0.188. The van der Waals surface area contributed by atoms with Gasteiger partial charge in [0.25, 0.3) is 0 Å². The number of rotatable bonds is 5. The number of ether oxygens (including phenoxy) is 2. The minimum Gasteiger partial charge on any atom is -0.493 e. The lowest BCUT2D eigenvalue weighted by molar-refractivity contribution is -0.134. The quantitative estimate of drug-likeness (QED) is 0.619. The molecular formula is C16H15ClO3. The van der Waals surface area contributed by atoms with Gasteiger partial charge in [0.05, 0.1) is 7.11 Å². The molecule has 2 aromatic carbocycles. The number of carbonyl (C=O) groups excluding carboxylic acids is 1. The minimum absolute atomic E-state index is 0.290. The van der Waals surface area contributed by atoms with Crippen LogP contribution in [-0.2, 0) is 11.2 Å². The number of halogens is 1. The third-order valence-corrected chi connectivity index (χ3v) is 3.03. The van der Waals surface area contributed by atoms with Crippen LogP contribution in [0.25, 0.3) is 0 Å². The Kier molecular flexibility index (Phi) is 5.02. The van der Waals surface area contributed by atoms with Crippen LogP contribution in [0.15, 0.2) is 48.5 Å². The highest BCUT2D eigenvalue weighted by molar-refractivity contribution is 6.30. The van der Waals surface area contributed by atoms with Crippen molar-refractivity contribution in [2.24, 2.45) is 0 Å². The van der Waals surface area contributed by atoms with Crippen molar-refractivity contribution in [1.29, 1.82) is 0 Å². The average Bonchev–Trinajstić information content (AvgIpc) is 2.46. The molecule has 2 rings (SSSR count). The molecule has 0 unspecified atom stereocenters. The predicted octanol–water partition coefficient (Wildman–Crippen LogP) is 3.89. The van der Waals surface area contributed by atoms with Crippen LogP contribution in [0.2, 0.25) is 5.02 Å². The van der Waals surface area contributed by atoms with E-state index in [4.69, 9.17) is 21.1 Å². The first kappa shape index (κ1) is 14.4. The molecule has 0 aromatic heterocycles. The van der Waals surface area contributed by atoms with Crippen LogP contribution in [-0.4, -0.2) is 13.1 Å². The van der Waals surface area contributed by atoms with E-state index in [0.29, 0.717) is 29.4 Å². The minimum atomic E-state index is -0.297. The van der Waals surface area contributed by atoms with E-state index in [9.17, 15) is 4.79 Å². The lowest BCUT2D eigenvalue weighted by Gasteiger charge is -2.08. The summed E-state index contributed by atoms with van der Waals surface area (Å²) >= 11 is 5.90. The fourth-order valence-electron chi connectivity index (χ4n) is 1.82. The summed E-state index contributed by atoms with van der Waals surface area (Å²) < 4.78 is 10.4. The highest BCUT2D eigenvalue weighted by Crippen LogP contribution is 2.26. The van der Waals surface area contributed by atoms with Gasteiger partial charge in [-0.2, -0.15) is 0 Å². The summed E-state index contributed by atoms with van der Waals surface area (Å²) in [5.41, 5.74) is 1.01. The summed E-state index contributed by atoms with van der Waals surface area (Å²) in [7, 11) is 1.54. The van der Waals surface area contributed by atoms with Crippen LogP contribution in [0.1, 0.15) is 12.0 Å². The third kappa shape index (κ3) is 4.00. The molecule has 0 aliphatic rings. The molecule has 0 amide bonds. The summed E-state index contributed by atoms with van der Waals surface area (Å²) in [5, 5.41) is 0.667. The SMILES string of the molecule is COc1ccccc1OC(=O)CCc1cccc(Cl)c1. The molecule has 0 radical (unpaired) electrons. The molecule has 0 heterocycles. The van der Waals surface area contributed by atoms with Crippen molar-refractivity contribution < 1.29 is 14.3 Å². The Hall–Kier alpha value is -2.00. The molecule has 3 nitrogen and oxygen atoms in total. The number of hydrogen-bond donors (Lipinski definition) is 0. The first-order chi connectivity index (χ1) is 9.69. The number of aryl methyl sites for hydroxylation is 1. The van der Waals surface area contributed by atoms with E-state index in [-0.39, 0.29) is 5.97 Å². The average molecular weight is 291 g/mol. The standard InChI is InChI=1S/C16H15ClO3/c1-19-14-7-2-3-8-15(14)20-16(18)10-9-12-5-4-6-13(17)11-12/h2-8,11H,9-10H2,1H3. The van der Waals surface area contributed by atoms with Crippen LogP contribution in [0.3, 0.4) is 0 Å². The molecule has 0 aliphatic heterocycles. The van der Waals surface area contributed by atoms with Crippen molar-refractivity contribution in [1.82, 2.24) is 0 Å². The Morgan fingerprint density at radius 1 is 1.10 bits per heavy atom. The van der Waals surface area contributed by atoms with Gasteiger partial charge in [0, 0.05) is 11.4 Å². The van der Waals surface area contributed by atoms with E-state index >= 15 is 0 Å². The van der Waals surface area contributed by atoms with Gasteiger partial charge >= 0.3 is 5.97 Å². The maximum absolute atomic E-state index is 11.8. The molecule has 0 atom stereocenters. The van der Waals surface area contributed by atoms with Gasteiger partial charge in [-0.05, 0) is 36.2 Å². The summed E-state index contributed by atoms with van der Waals surface area (Å²) in [6.45, 7) is 0. The molecular weight excluding hydrogens is 276 g/mol. The zero-order chi connectivity index (χ0) is 14.4. The third-order valence-electron chi connectivity index (χ3n) is 2.80. The van der Waals surface area contributed by atoms with Crippen molar-refractivity contribution in [2.75, 3.05) is 7.11 Å². The molecule has 0 saturated heterocycles. The highest BCUT2D eigenvalue weighted by atomic mass is 35.5. The van der Waals surface area contributed by atoms with Gasteiger partial charge < -0.3 is 9.47 Å². The molecule has 0 bridgehead atoms. The Labute approximate surface area is 123 Å². The van der Waals surface area contributed by atoms with Gasteiger partial charge in [-0.15, -0.1) is 0 Å². The van der Waals surface area contributed by atoms with E-state index < -0.39 is 0 Å². The first-order valence-electron chi connectivity index (χ1n) is 6.27. The monoisotopic (exact) mass is 290 g/mol. The largest absolute Gasteiger partial charge is 0.493 e. The van der Waals surface area contributed by atoms with Crippen molar-refractivity contribution in [3.05, 3.63) is 59.1 Å². The zero-order valence-corrected chi connectivity index (χ0v) is 11.9. The summed E-state index contributed by atoms with van der Waals surface area (Å²) in [5.74, 6) is 0.684. The number of esters is 1. The second kappa shape index (κ2) is 6.96. The van der Waals surface area contributed by atoms with Crippen molar-refractivity contribution in [3.8, 4) is 11.5 Å². The van der Waals surface area contributed by atoms with Gasteiger partial charge in [-0.3, -0.25) is 4.79 Å². The maximum atomic E-state index is 11.8. The van der Waals surface area contributed by atoms with Gasteiger partial charge in [0.15, 0.2) is 11.5 Å². The van der Waals surface area contributed by atoms with Gasteiger partial charge in [-0.25, -0.2) is 0 Å². The molecule has 4 heteroatoms. The van der Waals surface area contributed by atoms with Gasteiger partial charge in [0.1, 0.15) is 0 Å². The van der Waals surface area contributed by atoms with E-state index in [1.54, 1.807) is 31.4 Å². The van der Waals surface area contributed by atoms with Crippen LogP contribution in [0.5, 0.6) is 11.5 Å². The van der Waals surface area contributed by atoms with Gasteiger partial charge in [-0.1, -0.05) is 35.9 Å². The maximum Gasteiger partial charge on any atom is 0.311 e. The van der Waals surface area contributed by atoms with Crippen molar-refractivity contribution >= 4 is 17.6 Å². The van der Waals surface area contributed by atoms with Crippen LogP contribution < -0.4 is 9.47 Å². The topological polar surface area (TPSA) is 35.5 Å². The molecule has 0 N–H and O–H groups in total. The molecule has 0 fully saturated rings. The van der Waals surface area contributed by atoms with Crippen molar-refractivity contribution in [3.63, 3.8) is 0 Å². The Morgan fingerprint density at radius 3 is 2.55 bits per heavy atom. The van der Waals surface area contributed by atoms with E-state index in [1.807, 2.05) is 24.3 Å². The number of benzene rings is 2. The molecule has 0 spiro atoms. The number of carbonyl (C=O) groups is 1. The first-order valence-corrected chi connectivity index (χ1v) is 6.65. The fourth-order valence-corrected chi connectivity index (χ4v) is 2.03. The molecule has 2 aromatic rings. The molecule has 0 aliphatic carbocycles. The smallest absolute Gasteiger partial charge is 0.311 e. The number of para-hydroxylation sites is 2. The zero-order valence-electron chi connectivity index (χ0n) is 11.1. The van der Waals surface area contributed by atoms with Crippen LogP contribution >= 0.6 is 11.6 Å². The lowest BCUT2D eigenvalue weighted by Crippen LogP contribution is -2.09. The normalized spacial score (nSPS) is 10.1. The molecule has 104 valence electrons. The van der Waals surface area contributed by atoms with Crippen LogP contribution in [0, 0.1) is 0 Å². The predicted molar refractivity (Wildman–Crippen MR) is 78.4 cm³/mol. The number of hydrogen-bond acceptors (Lipinski definition) is 3. The summed E-state index contributed by atoms with van der Waals surface area (Å²) in [6, 6.07) is 14.5. The van der Waals surface area contributed by atoms with E-state index in [2.05, 4.69) is 0 Å². The molecule has 20 heavy (non-hydrogen) atoms. The van der Waals surface area contributed by atoms with Gasteiger partial charge in [0.2, 0.25) is 0 Å². The summed E-state index contributed by atoms with van der Waals surface area (Å²) in [4.78, 5) is 11.8. The highest BCUT2D eigenvalue weighted by Gasteiger charge is 2.09. The summed E-state index contributed by atoms with van der Waals surface area (Å²) in [6.07, 6.45) is 0.882. The second-order valence-corrected chi connectivity index (χ2v) is 4.69.